The van der Waals surface area contributed by atoms with Gasteiger partial charge in [-0.3, -0.25) is 18.8 Å². The van der Waals surface area contributed by atoms with Gasteiger partial charge >= 0.3 is 5.97 Å². The molecule has 11 heteroatoms. The number of fused-ring (bicyclic) bond motifs is 1. The molecule has 0 radical (unpaired) electrons. The van der Waals surface area contributed by atoms with E-state index in [1.165, 1.54) is 28.7 Å². The van der Waals surface area contributed by atoms with Crippen LogP contribution in [0.2, 0.25) is 10.0 Å². The molecule has 0 spiro atoms. The third-order valence-electron chi connectivity index (χ3n) is 4.54. The number of carbonyl (C=O) groups is 2. The van der Waals surface area contributed by atoms with Crippen LogP contribution >= 0.6 is 23.2 Å². The van der Waals surface area contributed by atoms with Crippen LogP contribution < -0.4 is 22.3 Å². The van der Waals surface area contributed by atoms with Crippen molar-refractivity contribution in [3.63, 3.8) is 0 Å². The summed E-state index contributed by atoms with van der Waals surface area (Å²) >= 11 is 12.0. The number of carboxylic acid groups (broad SMARTS) is 1. The van der Waals surface area contributed by atoms with Crippen LogP contribution in [0, 0.1) is 0 Å². The molecule has 2 heterocycles. The summed E-state index contributed by atoms with van der Waals surface area (Å²) in [7, 11) is 0. The van der Waals surface area contributed by atoms with Crippen molar-refractivity contribution in [2.75, 3.05) is 0 Å². The minimum Gasteiger partial charge on any atom is -0.481 e. The number of nitrogens with one attached hydrogen (secondary N) is 1. The molecular formula is C21H19Cl2N5O4. The van der Waals surface area contributed by atoms with E-state index in [0.29, 0.717) is 26.7 Å². The second-order valence-corrected chi connectivity index (χ2v) is 7.86. The van der Waals surface area contributed by atoms with E-state index in [1.54, 1.807) is 18.3 Å². The molecule has 1 unspecified atom stereocenters. The largest absolute Gasteiger partial charge is 0.481 e. The molecule has 2 aromatic heterocycles. The number of guanidine groups is 1. The average Bonchev–Trinajstić information content (AvgIpc) is 2.70. The first-order valence-corrected chi connectivity index (χ1v) is 10.1. The molecule has 3 rings (SSSR count). The van der Waals surface area contributed by atoms with Gasteiger partial charge in [-0.15, -0.1) is 0 Å². The zero-order chi connectivity index (χ0) is 23.4. The maximum atomic E-state index is 12.9. The lowest BCUT2D eigenvalue weighted by molar-refractivity contribution is -0.137. The Hall–Kier alpha value is -3.56. The molecule has 6 N–H and O–H groups in total. The van der Waals surface area contributed by atoms with Gasteiger partial charge in [0.05, 0.1) is 19.0 Å². The van der Waals surface area contributed by atoms with Crippen LogP contribution in [0.1, 0.15) is 33.9 Å². The summed E-state index contributed by atoms with van der Waals surface area (Å²) in [6, 6.07) is 9.70. The fourth-order valence-electron chi connectivity index (χ4n) is 3.12. The Morgan fingerprint density at radius 2 is 1.78 bits per heavy atom. The summed E-state index contributed by atoms with van der Waals surface area (Å²) in [5, 5.41) is 12.5. The van der Waals surface area contributed by atoms with E-state index in [9.17, 15) is 19.5 Å². The minimum absolute atomic E-state index is 0.0682. The van der Waals surface area contributed by atoms with Gasteiger partial charge in [0.15, 0.2) is 5.96 Å². The van der Waals surface area contributed by atoms with Crippen LogP contribution in [0.3, 0.4) is 0 Å². The Morgan fingerprint density at radius 1 is 1.09 bits per heavy atom. The van der Waals surface area contributed by atoms with Gasteiger partial charge in [0.1, 0.15) is 0 Å². The van der Waals surface area contributed by atoms with E-state index in [4.69, 9.17) is 34.7 Å². The van der Waals surface area contributed by atoms with E-state index >= 15 is 0 Å². The first kappa shape index (κ1) is 23.1. The fourth-order valence-corrected chi connectivity index (χ4v) is 3.66. The number of benzene rings is 1. The Bertz CT molecular complexity index is 1260. The third-order valence-corrected chi connectivity index (χ3v) is 4.98. The summed E-state index contributed by atoms with van der Waals surface area (Å²) in [5.74, 6) is -1.81. The molecule has 0 aliphatic rings. The van der Waals surface area contributed by atoms with Crippen molar-refractivity contribution in [2.45, 2.75) is 19.0 Å². The van der Waals surface area contributed by atoms with Crippen LogP contribution in [0.15, 0.2) is 58.4 Å². The highest BCUT2D eigenvalue weighted by molar-refractivity contribution is 6.34. The number of rotatable bonds is 7. The molecule has 9 nitrogen and oxygen atoms in total. The molecule has 0 fully saturated rings. The van der Waals surface area contributed by atoms with Gasteiger partial charge < -0.3 is 21.9 Å². The molecule has 0 saturated carbocycles. The van der Waals surface area contributed by atoms with Gasteiger partial charge in [-0.25, -0.2) is 4.99 Å². The molecule has 3 aromatic rings. The standard InChI is InChI=1S/C21H19Cl2N5O4/c22-14-3-12(4-15(23)7-14)17(8-19(30)31)27-20(32)13-5-16-2-1-11(9-26-21(24)25)10-28(16)18(29)6-13/h1-7,10,17H,8-9H2,(H,27,32)(H,30,31)(H4,24,25,26). The monoisotopic (exact) mass is 475 g/mol. The molecule has 0 aliphatic heterocycles. The number of halogens is 2. The van der Waals surface area contributed by atoms with Gasteiger partial charge in [0.2, 0.25) is 0 Å². The van der Waals surface area contributed by atoms with Crippen LogP contribution in [0.25, 0.3) is 5.52 Å². The minimum atomic E-state index is -1.13. The van der Waals surface area contributed by atoms with Gasteiger partial charge in [0.25, 0.3) is 11.5 Å². The first-order chi connectivity index (χ1) is 15.1. The quantitative estimate of drug-likeness (QED) is 0.303. The highest BCUT2D eigenvalue weighted by Crippen LogP contribution is 2.26. The van der Waals surface area contributed by atoms with Crippen molar-refractivity contribution in [1.29, 1.82) is 0 Å². The van der Waals surface area contributed by atoms with Crippen molar-refractivity contribution >= 4 is 46.6 Å². The number of carbonyl (C=O) groups excluding carboxylic acids is 1. The number of carboxylic acids is 1. The van der Waals surface area contributed by atoms with Crippen molar-refractivity contribution < 1.29 is 14.7 Å². The normalized spacial score (nSPS) is 11.7. The van der Waals surface area contributed by atoms with Gasteiger partial charge in [-0.1, -0.05) is 29.3 Å². The molecule has 166 valence electrons. The Labute approximate surface area is 192 Å². The average molecular weight is 476 g/mol. The molecule has 32 heavy (non-hydrogen) atoms. The van der Waals surface area contributed by atoms with Crippen molar-refractivity contribution in [1.82, 2.24) is 9.72 Å². The summed E-state index contributed by atoms with van der Waals surface area (Å²) in [5.41, 5.74) is 11.9. The Morgan fingerprint density at radius 3 is 2.41 bits per heavy atom. The molecule has 0 aliphatic carbocycles. The van der Waals surface area contributed by atoms with E-state index in [1.807, 2.05) is 0 Å². The second kappa shape index (κ2) is 9.71. The number of nitrogens with zero attached hydrogens (tertiary/aromatic N) is 2. The van der Waals surface area contributed by atoms with Crippen molar-refractivity contribution in [3.8, 4) is 0 Å². The number of nitrogens with two attached hydrogens (primary N) is 2. The second-order valence-electron chi connectivity index (χ2n) is 6.98. The van der Waals surface area contributed by atoms with Crippen LogP contribution in [-0.2, 0) is 11.3 Å². The highest BCUT2D eigenvalue weighted by atomic mass is 35.5. The number of amides is 1. The van der Waals surface area contributed by atoms with E-state index in [0.717, 1.165) is 6.07 Å². The van der Waals surface area contributed by atoms with Gasteiger partial charge in [0, 0.05) is 33.4 Å². The van der Waals surface area contributed by atoms with Gasteiger partial charge in [-0.2, -0.15) is 0 Å². The number of pyridine rings is 2. The zero-order valence-corrected chi connectivity index (χ0v) is 18.1. The molecule has 0 saturated heterocycles. The third kappa shape index (κ3) is 5.77. The fraction of sp³-hybridized carbons (Fsp3) is 0.143. The summed E-state index contributed by atoms with van der Waals surface area (Å²) < 4.78 is 1.36. The molecule has 1 amide bonds. The van der Waals surface area contributed by atoms with Crippen LogP contribution in [0.5, 0.6) is 0 Å². The summed E-state index contributed by atoms with van der Waals surface area (Å²) in [6.07, 6.45) is 1.18. The lowest BCUT2D eigenvalue weighted by atomic mass is 10.0. The van der Waals surface area contributed by atoms with E-state index in [2.05, 4.69) is 10.3 Å². The number of hydrogen-bond acceptors (Lipinski definition) is 4. The number of aromatic nitrogens is 1. The van der Waals surface area contributed by atoms with Crippen LogP contribution in [-0.4, -0.2) is 27.3 Å². The number of aliphatic carboxylic acids is 1. The maximum absolute atomic E-state index is 12.9. The van der Waals surface area contributed by atoms with Crippen LogP contribution in [0.4, 0.5) is 0 Å². The number of aliphatic imine (C=N–C) groups is 1. The predicted octanol–water partition coefficient (Wildman–Crippen LogP) is 2.33. The summed E-state index contributed by atoms with van der Waals surface area (Å²) in [4.78, 5) is 40.7. The first-order valence-electron chi connectivity index (χ1n) is 9.32. The Balaban J connectivity index is 1.91. The van der Waals surface area contributed by atoms with E-state index in [-0.39, 0.29) is 18.1 Å². The van der Waals surface area contributed by atoms with Gasteiger partial charge in [-0.05, 0) is 41.5 Å². The zero-order valence-electron chi connectivity index (χ0n) is 16.6. The molecular weight excluding hydrogens is 457 g/mol. The molecule has 1 atom stereocenters. The van der Waals surface area contributed by atoms with Crippen molar-refractivity contribution in [3.05, 3.63) is 85.8 Å². The Kier molecular flexibility index (Phi) is 7.01. The molecule has 0 bridgehead atoms. The smallest absolute Gasteiger partial charge is 0.305 e. The number of hydrogen-bond donors (Lipinski definition) is 4. The lowest BCUT2D eigenvalue weighted by Gasteiger charge is -2.18. The van der Waals surface area contributed by atoms with E-state index < -0.39 is 29.9 Å². The SMILES string of the molecule is NC(N)=NCc1ccc2cc(C(=O)NC(CC(=O)O)c3cc(Cl)cc(Cl)c3)cc(=O)n2c1. The highest BCUT2D eigenvalue weighted by Gasteiger charge is 2.20. The lowest BCUT2D eigenvalue weighted by Crippen LogP contribution is -2.31. The predicted molar refractivity (Wildman–Crippen MR) is 122 cm³/mol. The maximum Gasteiger partial charge on any atom is 0.305 e. The molecule has 1 aromatic carbocycles. The topological polar surface area (TPSA) is 152 Å². The summed E-state index contributed by atoms with van der Waals surface area (Å²) in [6.45, 7) is 0.200. The van der Waals surface area contributed by atoms with Crippen molar-refractivity contribution in [2.24, 2.45) is 16.5 Å².